The Balaban J connectivity index is 1.58. The Labute approximate surface area is 190 Å². The van der Waals surface area contributed by atoms with Crippen LogP contribution in [0.3, 0.4) is 0 Å². The lowest BCUT2D eigenvalue weighted by atomic mass is 10.0. The van der Waals surface area contributed by atoms with Gasteiger partial charge in [0.05, 0.1) is 26.9 Å². The predicted octanol–water partition coefficient (Wildman–Crippen LogP) is 2.79. The smallest absolute Gasteiger partial charge is 0.273 e. The molecule has 8 heteroatoms. The second-order valence-electron chi connectivity index (χ2n) is 8.58. The highest BCUT2D eigenvalue weighted by Crippen LogP contribution is 2.20. The number of ether oxygens (including phenoxy) is 2. The maximum absolute atomic E-state index is 12.5. The molecule has 0 spiro atoms. The average molecular weight is 445 g/mol. The summed E-state index contributed by atoms with van der Waals surface area (Å²) in [6, 6.07) is 8.38. The molecule has 1 aromatic carbocycles. The normalized spacial score (nSPS) is 15.8. The van der Waals surface area contributed by atoms with Gasteiger partial charge in [-0.15, -0.1) is 0 Å². The van der Waals surface area contributed by atoms with Crippen molar-refractivity contribution in [3.05, 3.63) is 47.7 Å². The molecule has 1 saturated heterocycles. The van der Waals surface area contributed by atoms with E-state index in [0.717, 1.165) is 50.7 Å². The number of amides is 1. The number of morpholine rings is 1. The van der Waals surface area contributed by atoms with Gasteiger partial charge < -0.3 is 19.2 Å². The molecule has 1 aliphatic rings. The molecule has 0 radical (unpaired) electrons. The third-order valence-electron chi connectivity index (χ3n) is 6.00. The lowest BCUT2D eigenvalue weighted by molar-refractivity contribution is 0.0383. The second kappa shape index (κ2) is 12.0. The van der Waals surface area contributed by atoms with Gasteiger partial charge in [-0.05, 0) is 30.5 Å². The Kier molecular flexibility index (Phi) is 9.08. The molecule has 1 amide bonds. The first kappa shape index (κ1) is 24.2. The molecule has 0 saturated carbocycles. The summed E-state index contributed by atoms with van der Waals surface area (Å²) < 4.78 is 16.4. The molecule has 176 valence electrons. The largest absolute Gasteiger partial charge is 0.497 e. The number of oxazole rings is 1. The van der Waals surface area contributed by atoms with E-state index in [1.807, 2.05) is 18.2 Å². The van der Waals surface area contributed by atoms with Gasteiger partial charge in [0.15, 0.2) is 5.69 Å². The maximum Gasteiger partial charge on any atom is 0.273 e. The zero-order valence-electron chi connectivity index (χ0n) is 19.7. The van der Waals surface area contributed by atoms with Gasteiger partial charge in [-0.25, -0.2) is 4.98 Å². The Hall–Kier alpha value is -2.42. The Morgan fingerprint density at radius 2 is 2.03 bits per heavy atom. The van der Waals surface area contributed by atoms with Crippen LogP contribution in [0.15, 0.2) is 34.9 Å². The summed E-state index contributed by atoms with van der Waals surface area (Å²) >= 11 is 0. The van der Waals surface area contributed by atoms with E-state index >= 15 is 0 Å². The fraction of sp³-hybridized carbons (Fsp3) is 0.583. The quantitative estimate of drug-likeness (QED) is 0.571. The minimum Gasteiger partial charge on any atom is -0.497 e. The lowest BCUT2D eigenvalue weighted by Crippen LogP contribution is -2.41. The first-order valence-electron chi connectivity index (χ1n) is 11.4. The number of nitrogens with zero attached hydrogens (tertiary/aromatic N) is 3. The summed E-state index contributed by atoms with van der Waals surface area (Å²) in [5.41, 5.74) is 1.48. The van der Waals surface area contributed by atoms with Gasteiger partial charge in [0.25, 0.3) is 5.91 Å². The van der Waals surface area contributed by atoms with E-state index in [1.54, 1.807) is 7.11 Å². The van der Waals surface area contributed by atoms with Crippen LogP contribution in [-0.2, 0) is 17.8 Å². The lowest BCUT2D eigenvalue weighted by Gasteiger charge is -2.30. The van der Waals surface area contributed by atoms with E-state index in [-0.39, 0.29) is 5.91 Å². The second-order valence-corrected chi connectivity index (χ2v) is 8.58. The third-order valence-corrected chi connectivity index (χ3v) is 6.00. The molecule has 1 aromatic heterocycles. The molecule has 2 aromatic rings. The molecule has 1 fully saturated rings. The highest BCUT2D eigenvalue weighted by atomic mass is 16.5. The number of hydrogen-bond donors (Lipinski definition) is 1. The first-order chi connectivity index (χ1) is 15.5. The van der Waals surface area contributed by atoms with Crippen LogP contribution in [0, 0.1) is 5.92 Å². The topological polar surface area (TPSA) is 80.1 Å². The van der Waals surface area contributed by atoms with Crippen molar-refractivity contribution < 1.29 is 18.7 Å². The van der Waals surface area contributed by atoms with Crippen molar-refractivity contribution in [2.24, 2.45) is 5.92 Å². The predicted molar refractivity (Wildman–Crippen MR) is 123 cm³/mol. The van der Waals surface area contributed by atoms with Gasteiger partial charge in [-0.3, -0.25) is 14.6 Å². The van der Waals surface area contributed by atoms with E-state index in [9.17, 15) is 4.79 Å². The van der Waals surface area contributed by atoms with Gasteiger partial charge in [-0.1, -0.05) is 26.0 Å². The van der Waals surface area contributed by atoms with Crippen molar-refractivity contribution >= 4 is 5.91 Å². The fourth-order valence-electron chi connectivity index (χ4n) is 3.68. The minimum absolute atomic E-state index is 0.204. The van der Waals surface area contributed by atoms with E-state index in [0.29, 0.717) is 36.6 Å². The summed E-state index contributed by atoms with van der Waals surface area (Å²) in [5, 5.41) is 2.93. The van der Waals surface area contributed by atoms with Crippen molar-refractivity contribution in [2.75, 3.05) is 46.5 Å². The molecule has 0 aliphatic carbocycles. The molecular weight excluding hydrogens is 408 g/mol. The van der Waals surface area contributed by atoms with Crippen LogP contribution in [0.1, 0.15) is 42.7 Å². The Bertz CT molecular complexity index is 848. The third kappa shape index (κ3) is 7.05. The van der Waals surface area contributed by atoms with Gasteiger partial charge in [0.1, 0.15) is 12.0 Å². The van der Waals surface area contributed by atoms with Crippen LogP contribution in [-0.4, -0.2) is 73.2 Å². The average Bonchev–Trinajstić information content (AvgIpc) is 3.27. The number of benzene rings is 1. The summed E-state index contributed by atoms with van der Waals surface area (Å²) in [7, 11) is 1.67. The van der Waals surface area contributed by atoms with Crippen molar-refractivity contribution in [3.8, 4) is 5.75 Å². The number of rotatable bonds is 11. The Morgan fingerprint density at radius 1 is 1.25 bits per heavy atom. The van der Waals surface area contributed by atoms with E-state index in [1.165, 1.54) is 6.26 Å². The molecule has 2 heterocycles. The van der Waals surface area contributed by atoms with E-state index < -0.39 is 0 Å². The Morgan fingerprint density at radius 3 is 2.75 bits per heavy atom. The van der Waals surface area contributed by atoms with E-state index in [4.69, 9.17) is 13.9 Å². The van der Waals surface area contributed by atoms with Crippen LogP contribution in [0.2, 0.25) is 0 Å². The van der Waals surface area contributed by atoms with Crippen LogP contribution >= 0.6 is 0 Å². The van der Waals surface area contributed by atoms with Crippen LogP contribution < -0.4 is 10.1 Å². The first-order valence-corrected chi connectivity index (χ1v) is 11.4. The molecule has 3 rings (SSSR count). The molecule has 0 bridgehead atoms. The maximum atomic E-state index is 12.5. The van der Waals surface area contributed by atoms with Crippen LogP contribution in [0.4, 0.5) is 0 Å². The number of carbonyl (C=O) groups excluding carboxylic acids is 1. The van der Waals surface area contributed by atoms with Gasteiger partial charge >= 0.3 is 0 Å². The monoisotopic (exact) mass is 444 g/mol. The van der Waals surface area contributed by atoms with Crippen molar-refractivity contribution in [2.45, 2.75) is 39.9 Å². The number of carbonyl (C=O) groups is 1. The fourth-order valence-corrected chi connectivity index (χ4v) is 3.68. The van der Waals surface area contributed by atoms with Crippen molar-refractivity contribution in [1.82, 2.24) is 20.1 Å². The molecule has 1 aliphatic heterocycles. The van der Waals surface area contributed by atoms with Gasteiger partial charge in [0.2, 0.25) is 5.89 Å². The van der Waals surface area contributed by atoms with Crippen molar-refractivity contribution in [1.29, 1.82) is 0 Å². The molecule has 1 N–H and O–H groups in total. The van der Waals surface area contributed by atoms with Gasteiger partial charge in [-0.2, -0.15) is 0 Å². The highest BCUT2D eigenvalue weighted by Gasteiger charge is 2.21. The SMILES string of the molecule is COc1cccc(CN(Cc2nc(C(=O)NCCN3CCOCC3)co2)[C@@H](C)C(C)C)c1. The number of methoxy groups -OCH3 is 1. The number of nitrogens with one attached hydrogen (secondary N) is 1. The summed E-state index contributed by atoms with van der Waals surface area (Å²) in [5.74, 6) is 1.63. The summed E-state index contributed by atoms with van der Waals surface area (Å²) in [4.78, 5) is 21.5. The molecule has 1 atom stereocenters. The summed E-state index contributed by atoms with van der Waals surface area (Å²) in [6.07, 6.45) is 1.45. The standard InChI is InChI=1S/C24H36N4O4/c1-18(2)19(3)28(15-20-6-5-7-21(14-20)30-4)16-23-26-22(17-32-23)24(29)25-8-9-27-10-12-31-13-11-27/h5-7,14,17-19H,8-13,15-16H2,1-4H3,(H,25,29)/t19-/m0/s1. The molecule has 8 nitrogen and oxygen atoms in total. The zero-order chi connectivity index (χ0) is 22.9. The zero-order valence-corrected chi connectivity index (χ0v) is 19.7. The highest BCUT2D eigenvalue weighted by molar-refractivity contribution is 5.91. The minimum atomic E-state index is -0.204. The molecular formula is C24H36N4O4. The van der Waals surface area contributed by atoms with Crippen LogP contribution in [0.25, 0.3) is 0 Å². The van der Waals surface area contributed by atoms with Crippen LogP contribution in [0.5, 0.6) is 5.75 Å². The molecule has 32 heavy (non-hydrogen) atoms. The summed E-state index contributed by atoms with van der Waals surface area (Å²) in [6.45, 7) is 12.6. The number of hydrogen-bond acceptors (Lipinski definition) is 7. The number of aromatic nitrogens is 1. The molecule has 0 unspecified atom stereocenters. The van der Waals surface area contributed by atoms with Gasteiger partial charge in [0, 0.05) is 38.8 Å². The van der Waals surface area contributed by atoms with E-state index in [2.05, 4.69) is 46.9 Å². The van der Waals surface area contributed by atoms with Crippen molar-refractivity contribution in [3.63, 3.8) is 0 Å².